The Morgan fingerprint density at radius 1 is 1.43 bits per heavy atom. The van der Waals surface area contributed by atoms with Crippen LogP contribution in [-0.2, 0) is 14.9 Å². The first-order valence-corrected chi connectivity index (χ1v) is 6.16. The lowest BCUT2D eigenvalue weighted by molar-refractivity contribution is 0.0344. The van der Waals surface area contributed by atoms with Crippen LogP contribution in [0, 0.1) is 0 Å². The third-order valence-electron chi connectivity index (χ3n) is 2.32. The van der Waals surface area contributed by atoms with Crippen molar-refractivity contribution in [2.24, 2.45) is 5.73 Å². The Bertz CT molecular complexity index is 301. The van der Waals surface area contributed by atoms with Crippen molar-refractivity contribution in [1.82, 2.24) is 9.03 Å². The van der Waals surface area contributed by atoms with Gasteiger partial charge in [-0.15, -0.1) is 0 Å². The van der Waals surface area contributed by atoms with E-state index in [1.165, 1.54) is 4.31 Å². The lowest BCUT2D eigenvalue weighted by Gasteiger charge is -2.31. The maximum absolute atomic E-state index is 11.7. The highest BCUT2D eigenvalue weighted by molar-refractivity contribution is 7.87. The molecule has 2 rings (SSSR count). The molecule has 0 aromatic carbocycles. The first-order valence-electron chi connectivity index (χ1n) is 4.72. The van der Waals surface area contributed by atoms with Crippen LogP contribution in [-0.4, -0.2) is 44.7 Å². The van der Waals surface area contributed by atoms with E-state index >= 15 is 0 Å². The van der Waals surface area contributed by atoms with Crippen LogP contribution in [0.2, 0.25) is 0 Å². The van der Waals surface area contributed by atoms with Crippen LogP contribution in [0.5, 0.6) is 0 Å². The van der Waals surface area contributed by atoms with E-state index in [-0.39, 0.29) is 12.6 Å². The Labute approximate surface area is 83.6 Å². The van der Waals surface area contributed by atoms with Gasteiger partial charge in [0, 0.05) is 12.6 Å². The number of nitrogens with zero attached hydrogens (tertiary/aromatic N) is 1. The van der Waals surface area contributed by atoms with Gasteiger partial charge in [0.15, 0.2) is 0 Å². The van der Waals surface area contributed by atoms with Crippen molar-refractivity contribution in [1.29, 1.82) is 0 Å². The first kappa shape index (κ1) is 10.3. The highest BCUT2D eigenvalue weighted by atomic mass is 32.2. The molecule has 6 nitrogen and oxygen atoms in total. The van der Waals surface area contributed by atoms with Crippen LogP contribution in [0.15, 0.2) is 0 Å². The zero-order valence-electron chi connectivity index (χ0n) is 7.85. The van der Waals surface area contributed by atoms with Gasteiger partial charge in [-0.05, 0) is 12.8 Å². The average Bonchev–Trinajstić information content (AvgIpc) is 2.88. The van der Waals surface area contributed by atoms with Crippen molar-refractivity contribution in [2.75, 3.05) is 19.8 Å². The fraction of sp³-hybridized carbons (Fsp3) is 1.00. The van der Waals surface area contributed by atoms with E-state index in [9.17, 15) is 8.42 Å². The first-order chi connectivity index (χ1) is 6.59. The zero-order chi connectivity index (χ0) is 10.2. The van der Waals surface area contributed by atoms with Crippen molar-refractivity contribution in [3.63, 3.8) is 0 Å². The zero-order valence-corrected chi connectivity index (χ0v) is 8.66. The third-order valence-corrected chi connectivity index (χ3v) is 4.02. The molecular formula is C7H15N3O3S. The summed E-state index contributed by atoms with van der Waals surface area (Å²) < 4.78 is 32.4. The summed E-state index contributed by atoms with van der Waals surface area (Å²) >= 11 is 0. The maximum atomic E-state index is 11.7. The fourth-order valence-electron chi connectivity index (χ4n) is 1.39. The van der Waals surface area contributed by atoms with Crippen LogP contribution in [0.3, 0.4) is 0 Å². The largest absolute Gasteiger partial charge is 0.377 e. The standard InChI is InChI=1S/C7H15N3O3S/c8-7-5-13-4-3-10(7)14(11,12)9-6-1-2-6/h6-7,9H,1-5,8H2. The minimum atomic E-state index is -3.39. The van der Waals surface area contributed by atoms with E-state index in [4.69, 9.17) is 10.5 Å². The van der Waals surface area contributed by atoms with Gasteiger partial charge in [-0.1, -0.05) is 0 Å². The van der Waals surface area contributed by atoms with Gasteiger partial charge < -0.3 is 10.5 Å². The van der Waals surface area contributed by atoms with Gasteiger partial charge in [0.1, 0.15) is 0 Å². The summed E-state index contributed by atoms with van der Waals surface area (Å²) in [6.45, 7) is 1.02. The van der Waals surface area contributed by atoms with Gasteiger partial charge in [-0.25, -0.2) is 0 Å². The highest BCUT2D eigenvalue weighted by Gasteiger charge is 2.35. The number of nitrogens with one attached hydrogen (secondary N) is 1. The molecular weight excluding hydrogens is 206 g/mol. The normalized spacial score (nSPS) is 30.5. The van der Waals surface area contributed by atoms with Crippen molar-refractivity contribution < 1.29 is 13.2 Å². The lowest BCUT2D eigenvalue weighted by Crippen LogP contribution is -2.56. The van der Waals surface area contributed by atoms with Gasteiger partial charge in [0.25, 0.3) is 10.2 Å². The summed E-state index contributed by atoms with van der Waals surface area (Å²) in [5.41, 5.74) is 5.64. The molecule has 1 atom stereocenters. The minimum Gasteiger partial charge on any atom is -0.377 e. The Morgan fingerprint density at radius 2 is 2.14 bits per heavy atom. The molecule has 1 saturated heterocycles. The molecule has 0 bridgehead atoms. The summed E-state index contributed by atoms with van der Waals surface area (Å²) in [5, 5.41) is 0. The number of ether oxygens (including phenoxy) is 1. The summed E-state index contributed by atoms with van der Waals surface area (Å²) in [6, 6.07) is 0.120. The monoisotopic (exact) mass is 221 g/mol. The quantitative estimate of drug-likeness (QED) is 0.614. The summed E-state index contributed by atoms with van der Waals surface area (Å²) in [5.74, 6) is 0. The van der Waals surface area contributed by atoms with Crippen LogP contribution < -0.4 is 10.5 Å². The summed E-state index contributed by atoms with van der Waals surface area (Å²) in [4.78, 5) is 0. The summed E-state index contributed by atoms with van der Waals surface area (Å²) in [6.07, 6.45) is 1.30. The van der Waals surface area contributed by atoms with Crippen molar-refractivity contribution >= 4 is 10.2 Å². The molecule has 2 fully saturated rings. The smallest absolute Gasteiger partial charge is 0.281 e. The van der Waals surface area contributed by atoms with Gasteiger partial charge >= 0.3 is 0 Å². The van der Waals surface area contributed by atoms with Crippen LogP contribution in [0.4, 0.5) is 0 Å². The predicted octanol–water partition coefficient (Wildman–Crippen LogP) is -1.40. The molecule has 14 heavy (non-hydrogen) atoms. The molecule has 1 aliphatic heterocycles. The fourth-order valence-corrected chi connectivity index (χ4v) is 2.91. The molecule has 0 aromatic rings. The van der Waals surface area contributed by atoms with E-state index in [1.807, 2.05) is 0 Å². The van der Waals surface area contributed by atoms with Gasteiger partial charge in [0.2, 0.25) is 0 Å². The molecule has 1 aliphatic carbocycles. The molecule has 82 valence electrons. The van der Waals surface area contributed by atoms with E-state index in [0.717, 1.165) is 12.8 Å². The highest BCUT2D eigenvalue weighted by Crippen LogP contribution is 2.21. The van der Waals surface area contributed by atoms with E-state index in [2.05, 4.69) is 4.72 Å². The molecule has 3 N–H and O–H groups in total. The second-order valence-electron chi connectivity index (χ2n) is 3.65. The SMILES string of the molecule is NC1COCCN1S(=O)(=O)NC1CC1. The van der Waals surface area contributed by atoms with Crippen LogP contribution in [0.25, 0.3) is 0 Å². The number of morpholine rings is 1. The third kappa shape index (κ3) is 2.23. The van der Waals surface area contributed by atoms with Crippen molar-refractivity contribution in [2.45, 2.75) is 25.0 Å². The summed E-state index contributed by atoms with van der Waals surface area (Å²) in [7, 11) is -3.39. The molecule has 1 heterocycles. The lowest BCUT2D eigenvalue weighted by atomic mass is 10.4. The number of hydrogen-bond acceptors (Lipinski definition) is 4. The number of nitrogens with two attached hydrogens (primary N) is 1. The Kier molecular flexibility index (Phi) is 2.76. The van der Waals surface area contributed by atoms with E-state index in [0.29, 0.717) is 13.2 Å². The number of hydrogen-bond donors (Lipinski definition) is 2. The second-order valence-corrected chi connectivity index (χ2v) is 5.30. The van der Waals surface area contributed by atoms with E-state index < -0.39 is 16.4 Å². The Balaban J connectivity index is 2.02. The van der Waals surface area contributed by atoms with Crippen LogP contribution in [0.1, 0.15) is 12.8 Å². The molecule has 0 aromatic heterocycles. The van der Waals surface area contributed by atoms with E-state index in [1.54, 1.807) is 0 Å². The molecule has 0 amide bonds. The van der Waals surface area contributed by atoms with Crippen molar-refractivity contribution in [3.05, 3.63) is 0 Å². The van der Waals surface area contributed by atoms with Gasteiger partial charge in [-0.2, -0.15) is 17.4 Å². The molecule has 7 heteroatoms. The molecule has 0 radical (unpaired) electrons. The Hall–Kier alpha value is -0.210. The molecule has 1 saturated carbocycles. The topological polar surface area (TPSA) is 84.7 Å². The molecule has 1 unspecified atom stereocenters. The predicted molar refractivity (Wildman–Crippen MR) is 50.6 cm³/mol. The average molecular weight is 221 g/mol. The van der Waals surface area contributed by atoms with Crippen molar-refractivity contribution in [3.8, 4) is 0 Å². The Morgan fingerprint density at radius 3 is 2.71 bits per heavy atom. The van der Waals surface area contributed by atoms with Gasteiger partial charge in [-0.3, -0.25) is 0 Å². The number of rotatable bonds is 3. The minimum absolute atomic E-state index is 0.120. The second kappa shape index (κ2) is 3.74. The molecule has 0 spiro atoms. The molecule has 2 aliphatic rings. The van der Waals surface area contributed by atoms with Crippen LogP contribution >= 0.6 is 0 Å². The maximum Gasteiger partial charge on any atom is 0.281 e. The van der Waals surface area contributed by atoms with Gasteiger partial charge in [0.05, 0.1) is 19.4 Å².